The Bertz CT molecular complexity index is 489. The molecular weight excluding hydrogens is 346 g/mol. The van der Waals surface area contributed by atoms with Gasteiger partial charge in [0, 0.05) is 6.04 Å². The fourth-order valence-electron chi connectivity index (χ4n) is 1.78. The molecule has 19 heavy (non-hydrogen) atoms. The minimum atomic E-state index is -3.37. The number of hydrogen-bond acceptors (Lipinski definition) is 3. The molecule has 0 spiro atoms. The van der Waals surface area contributed by atoms with Crippen LogP contribution in [0.4, 0.5) is 0 Å². The molecule has 6 heteroatoms. The molecule has 0 aromatic carbocycles. The van der Waals surface area contributed by atoms with E-state index in [1.807, 2.05) is 13.8 Å². The van der Waals surface area contributed by atoms with Crippen molar-refractivity contribution in [3.8, 4) is 0 Å². The molecule has 0 aliphatic carbocycles. The molecule has 0 radical (unpaired) electrons. The second kappa shape index (κ2) is 7.20. The molecule has 1 atom stereocenters. The van der Waals surface area contributed by atoms with Crippen molar-refractivity contribution in [3.05, 3.63) is 15.4 Å². The van der Waals surface area contributed by atoms with Crippen molar-refractivity contribution in [2.75, 3.05) is 0 Å². The predicted molar refractivity (Wildman–Crippen MR) is 85.2 cm³/mol. The number of hydrogen-bond donors (Lipinski definition) is 1. The van der Waals surface area contributed by atoms with Crippen LogP contribution in [-0.2, 0) is 10.0 Å². The van der Waals surface area contributed by atoms with Gasteiger partial charge in [-0.05, 0) is 53.7 Å². The van der Waals surface area contributed by atoms with Crippen LogP contribution in [0.15, 0.2) is 14.1 Å². The smallest absolute Gasteiger partial charge is 0.208 e. The van der Waals surface area contributed by atoms with Crippen LogP contribution in [0.2, 0.25) is 0 Å². The van der Waals surface area contributed by atoms with Gasteiger partial charge in [-0.25, -0.2) is 13.1 Å². The minimum Gasteiger partial charge on any atom is -0.208 e. The monoisotopic (exact) mass is 367 g/mol. The second-order valence-electron chi connectivity index (χ2n) is 5.37. The minimum absolute atomic E-state index is 0.0232. The lowest BCUT2D eigenvalue weighted by Crippen LogP contribution is -2.32. The Labute approximate surface area is 129 Å². The number of sulfonamides is 1. The number of halogens is 1. The highest BCUT2D eigenvalue weighted by atomic mass is 79.9. The molecule has 0 aliphatic rings. The van der Waals surface area contributed by atoms with Crippen LogP contribution in [0.3, 0.4) is 0 Å². The molecule has 1 unspecified atom stereocenters. The number of nitrogens with one attached hydrogen (secondary N) is 1. The van der Waals surface area contributed by atoms with Crippen molar-refractivity contribution < 1.29 is 8.42 Å². The van der Waals surface area contributed by atoms with E-state index in [4.69, 9.17) is 0 Å². The molecule has 1 aromatic heterocycles. The van der Waals surface area contributed by atoms with E-state index in [-0.39, 0.29) is 6.04 Å². The number of rotatable bonds is 7. The van der Waals surface area contributed by atoms with Gasteiger partial charge >= 0.3 is 0 Å². The summed E-state index contributed by atoms with van der Waals surface area (Å²) >= 11 is 4.62. The molecule has 3 nitrogen and oxygen atoms in total. The molecule has 1 N–H and O–H groups in total. The summed E-state index contributed by atoms with van der Waals surface area (Å²) in [4.78, 5) is 0. The first kappa shape index (κ1) is 17.1. The Morgan fingerprint density at radius 3 is 2.42 bits per heavy atom. The summed E-state index contributed by atoms with van der Waals surface area (Å²) < 4.78 is 28.4. The van der Waals surface area contributed by atoms with E-state index >= 15 is 0 Å². The predicted octanol–water partition coefficient (Wildman–Crippen LogP) is 4.31. The van der Waals surface area contributed by atoms with Crippen molar-refractivity contribution in [2.45, 2.75) is 57.2 Å². The molecule has 1 rings (SSSR count). The average Bonchev–Trinajstić information content (AvgIpc) is 2.58. The lowest BCUT2D eigenvalue weighted by molar-refractivity contribution is 0.489. The third-order valence-corrected chi connectivity index (χ3v) is 7.07. The van der Waals surface area contributed by atoms with Crippen LogP contribution in [0, 0.1) is 12.8 Å². The fourth-order valence-corrected chi connectivity index (χ4v) is 5.30. The second-order valence-corrected chi connectivity index (χ2v) is 9.68. The van der Waals surface area contributed by atoms with Crippen molar-refractivity contribution >= 4 is 37.3 Å². The summed E-state index contributed by atoms with van der Waals surface area (Å²) in [5, 5.41) is 0. The Morgan fingerprint density at radius 1 is 1.32 bits per heavy atom. The third-order valence-electron chi connectivity index (χ3n) is 2.87. The van der Waals surface area contributed by atoms with Gasteiger partial charge in [-0.15, -0.1) is 11.3 Å². The number of thiophene rings is 1. The lowest BCUT2D eigenvalue weighted by Gasteiger charge is -2.13. The highest BCUT2D eigenvalue weighted by molar-refractivity contribution is 9.11. The largest absolute Gasteiger partial charge is 0.250 e. The van der Waals surface area contributed by atoms with E-state index in [1.165, 1.54) is 11.3 Å². The van der Waals surface area contributed by atoms with E-state index in [2.05, 4.69) is 34.5 Å². The standard InChI is InChI=1S/C13H22BrNO2S2/c1-9(2)6-5-7-11(4)15-19(16,17)12-8-10(3)13(14)18-12/h8-9,11,15H,5-7H2,1-4H3. The molecule has 1 heterocycles. The summed E-state index contributed by atoms with van der Waals surface area (Å²) in [6.45, 7) is 8.18. The third kappa shape index (κ3) is 5.53. The summed E-state index contributed by atoms with van der Waals surface area (Å²) in [5.74, 6) is 0.666. The van der Waals surface area contributed by atoms with Gasteiger partial charge in [-0.3, -0.25) is 0 Å². The van der Waals surface area contributed by atoms with Gasteiger partial charge < -0.3 is 0 Å². The average molecular weight is 368 g/mol. The van der Waals surface area contributed by atoms with Crippen molar-refractivity contribution in [2.24, 2.45) is 5.92 Å². The van der Waals surface area contributed by atoms with Gasteiger partial charge in [-0.2, -0.15) is 0 Å². The zero-order valence-electron chi connectivity index (χ0n) is 11.9. The van der Waals surface area contributed by atoms with Gasteiger partial charge in [0.15, 0.2) is 0 Å². The van der Waals surface area contributed by atoms with Gasteiger partial charge in [-0.1, -0.05) is 26.7 Å². The van der Waals surface area contributed by atoms with Crippen molar-refractivity contribution in [3.63, 3.8) is 0 Å². The molecule has 0 fully saturated rings. The summed E-state index contributed by atoms with van der Waals surface area (Å²) in [6, 6.07) is 1.68. The Kier molecular flexibility index (Phi) is 6.50. The summed E-state index contributed by atoms with van der Waals surface area (Å²) in [5.41, 5.74) is 0.956. The summed E-state index contributed by atoms with van der Waals surface area (Å²) in [6.07, 6.45) is 3.06. The maximum atomic E-state index is 12.2. The van der Waals surface area contributed by atoms with Gasteiger partial charge in [0.05, 0.1) is 3.79 Å². The van der Waals surface area contributed by atoms with E-state index in [9.17, 15) is 8.42 Å². The molecule has 0 amide bonds. The summed E-state index contributed by atoms with van der Waals surface area (Å²) in [7, 11) is -3.37. The number of aryl methyl sites for hydroxylation is 1. The highest BCUT2D eigenvalue weighted by Crippen LogP contribution is 2.30. The van der Waals surface area contributed by atoms with Gasteiger partial charge in [0.25, 0.3) is 0 Å². The van der Waals surface area contributed by atoms with Gasteiger partial charge in [0.2, 0.25) is 10.0 Å². The van der Waals surface area contributed by atoms with E-state index in [0.717, 1.165) is 28.6 Å². The maximum Gasteiger partial charge on any atom is 0.250 e. The fraction of sp³-hybridized carbons (Fsp3) is 0.692. The van der Waals surface area contributed by atoms with Crippen LogP contribution < -0.4 is 4.72 Å². The first-order chi connectivity index (χ1) is 8.72. The van der Waals surface area contributed by atoms with Crippen LogP contribution >= 0.6 is 27.3 Å². The van der Waals surface area contributed by atoms with Crippen LogP contribution in [-0.4, -0.2) is 14.5 Å². The Balaban J connectivity index is 2.59. The van der Waals surface area contributed by atoms with Crippen LogP contribution in [0.25, 0.3) is 0 Å². The highest BCUT2D eigenvalue weighted by Gasteiger charge is 2.20. The SMILES string of the molecule is Cc1cc(S(=O)(=O)NC(C)CCCC(C)C)sc1Br. The molecule has 110 valence electrons. The van der Waals surface area contributed by atoms with Crippen molar-refractivity contribution in [1.29, 1.82) is 0 Å². The van der Waals surface area contributed by atoms with Crippen LogP contribution in [0.5, 0.6) is 0 Å². The molecule has 0 saturated heterocycles. The quantitative estimate of drug-likeness (QED) is 0.779. The zero-order valence-corrected chi connectivity index (χ0v) is 15.1. The van der Waals surface area contributed by atoms with E-state index in [0.29, 0.717) is 10.1 Å². The lowest BCUT2D eigenvalue weighted by atomic mass is 10.0. The molecule has 0 saturated carbocycles. The van der Waals surface area contributed by atoms with E-state index in [1.54, 1.807) is 6.07 Å². The first-order valence-corrected chi connectivity index (χ1v) is 9.60. The van der Waals surface area contributed by atoms with Crippen molar-refractivity contribution in [1.82, 2.24) is 4.72 Å². The van der Waals surface area contributed by atoms with E-state index < -0.39 is 10.0 Å². The molecule has 0 bridgehead atoms. The van der Waals surface area contributed by atoms with Gasteiger partial charge in [0.1, 0.15) is 4.21 Å². The topological polar surface area (TPSA) is 46.2 Å². The zero-order chi connectivity index (χ0) is 14.6. The Hall–Kier alpha value is 0.0900. The van der Waals surface area contributed by atoms with Crippen LogP contribution in [0.1, 0.15) is 45.6 Å². The maximum absolute atomic E-state index is 12.2. The molecule has 1 aromatic rings. The Morgan fingerprint density at radius 2 is 1.95 bits per heavy atom. The normalized spacial score (nSPS) is 14.0. The first-order valence-electron chi connectivity index (χ1n) is 6.50. The molecular formula is C13H22BrNO2S2. The molecule has 0 aliphatic heterocycles.